The molecule has 2 fully saturated rings. The highest BCUT2D eigenvalue weighted by molar-refractivity contribution is 5.78. The molecule has 1 saturated heterocycles. The Morgan fingerprint density at radius 1 is 1.10 bits per heavy atom. The monoisotopic (exact) mass is 406 g/mol. The lowest BCUT2D eigenvalue weighted by molar-refractivity contribution is -0.128. The van der Waals surface area contributed by atoms with Gasteiger partial charge in [-0.2, -0.15) is 0 Å². The van der Waals surface area contributed by atoms with E-state index in [1.165, 1.54) is 29.7 Å². The summed E-state index contributed by atoms with van der Waals surface area (Å²) in [5.41, 5.74) is 4.31. The van der Waals surface area contributed by atoms with Crippen LogP contribution in [0, 0.1) is 28.6 Å². The number of rotatable bonds is 2. The second-order valence-electron chi connectivity index (χ2n) is 10.3. The zero-order chi connectivity index (χ0) is 21.1. The average molecular weight is 407 g/mol. The van der Waals surface area contributed by atoms with Crippen LogP contribution < -0.4 is 4.74 Å². The molecule has 3 aliphatic carbocycles. The minimum atomic E-state index is 0.130. The zero-order valence-corrected chi connectivity index (χ0v) is 18.8. The van der Waals surface area contributed by atoms with Crippen LogP contribution in [0.5, 0.6) is 5.75 Å². The largest absolute Gasteiger partial charge is 0.495 e. The maximum absolute atomic E-state index is 12.5. The molecule has 4 nitrogen and oxygen atoms in total. The Bertz CT molecular complexity index is 935. The molecule has 0 N–H and O–H groups in total. The van der Waals surface area contributed by atoms with Gasteiger partial charge in [-0.1, -0.05) is 26.0 Å². The van der Waals surface area contributed by atoms with Crippen LogP contribution in [0.15, 0.2) is 36.3 Å². The number of amides is 1. The highest BCUT2D eigenvalue weighted by Gasteiger charge is 2.57. The summed E-state index contributed by atoms with van der Waals surface area (Å²) in [6.07, 6.45) is 16.2. The molecule has 0 aromatic carbocycles. The van der Waals surface area contributed by atoms with Gasteiger partial charge in [0.1, 0.15) is 5.75 Å². The number of hydrogen-bond donors (Lipinski definition) is 0. The lowest BCUT2D eigenvalue weighted by Crippen LogP contribution is -2.50. The summed E-state index contributed by atoms with van der Waals surface area (Å²) in [7, 11) is 3.71. The van der Waals surface area contributed by atoms with E-state index in [9.17, 15) is 4.79 Å². The van der Waals surface area contributed by atoms with Crippen molar-refractivity contribution in [3.63, 3.8) is 0 Å². The van der Waals surface area contributed by atoms with Crippen molar-refractivity contribution in [2.75, 3.05) is 14.2 Å². The van der Waals surface area contributed by atoms with E-state index in [1.54, 1.807) is 13.3 Å². The molecule has 1 saturated carbocycles. The third kappa shape index (κ3) is 2.72. The lowest BCUT2D eigenvalue weighted by Gasteiger charge is -2.56. The first kappa shape index (κ1) is 19.8. The molecule has 5 atom stereocenters. The predicted molar refractivity (Wildman–Crippen MR) is 119 cm³/mol. The number of likely N-dealkylation sites (tertiary alicyclic amines) is 1. The van der Waals surface area contributed by atoms with Crippen LogP contribution in [0.25, 0.3) is 5.57 Å². The molecular weight excluding hydrogens is 372 g/mol. The number of carbonyl (C=O) groups is 1. The van der Waals surface area contributed by atoms with E-state index in [4.69, 9.17) is 4.74 Å². The summed E-state index contributed by atoms with van der Waals surface area (Å²) in [5, 5.41) is 0. The Morgan fingerprint density at radius 3 is 2.73 bits per heavy atom. The molecule has 4 heteroatoms. The molecule has 1 aromatic heterocycles. The van der Waals surface area contributed by atoms with Crippen LogP contribution in [-0.2, 0) is 4.79 Å². The van der Waals surface area contributed by atoms with Crippen LogP contribution in [-0.4, -0.2) is 29.9 Å². The number of carbonyl (C=O) groups excluding carboxylic acids is 1. The minimum Gasteiger partial charge on any atom is -0.495 e. The van der Waals surface area contributed by atoms with Crippen molar-refractivity contribution < 1.29 is 9.53 Å². The van der Waals surface area contributed by atoms with E-state index in [0.29, 0.717) is 30.1 Å². The van der Waals surface area contributed by atoms with Crippen molar-refractivity contribution in [1.29, 1.82) is 0 Å². The molecule has 2 heterocycles. The van der Waals surface area contributed by atoms with Gasteiger partial charge in [-0.15, -0.1) is 0 Å². The highest BCUT2D eigenvalue weighted by Crippen LogP contribution is 2.65. The lowest BCUT2D eigenvalue weighted by atomic mass is 9.49. The van der Waals surface area contributed by atoms with Crippen LogP contribution in [0.2, 0.25) is 0 Å². The van der Waals surface area contributed by atoms with Gasteiger partial charge in [0.2, 0.25) is 5.91 Å². The zero-order valence-electron chi connectivity index (χ0n) is 18.8. The Kier molecular flexibility index (Phi) is 4.61. The van der Waals surface area contributed by atoms with E-state index >= 15 is 0 Å². The van der Waals surface area contributed by atoms with Crippen LogP contribution >= 0.6 is 0 Å². The second-order valence-corrected chi connectivity index (χ2v) is 10.3. The number of allylic oxidation sites excluding steroid dienone is 4. The van der Waals surface area contributed by atoms with Gasteiger partial charge in [0.05, 0.1) is 13.3 Å². The summed E-state index contributed by atoms with van der Waals surface area (Å²) in [6, 6.07) is 2.14. The van der Waals surface area contributed by atoms with Crippen LogP contribution in [0.1, 0.15) is 64.4 Å². The maximum atomic E-state index is 12.5. The van der Waals surface area contributed by atoms with Gasteiger partial charge in [-0.3, -0.25) is 9.78 Å². The molecule has 5 rings (SSSR count). The smallest absolute Gasteiger partial charge is 0.226 e. The third-order valence-electron chi connectivity index (χ3n) is 9.09. The second kappa shape index (κ2) is 6.96. The summed E-state index contributed by atoms with van der Waals surface area (Å²) < 4.78 is 5.44. The normalized spacial score (nSPS) is 38.1. The third-order valence-corrected chi connectivity index (χ3v) is 9.09. The molecule has 30 heavy (non-hydrogen) atoms. The van der Waals surface area contributed by atoms with Gasteiger partial charge < -0.3 is 9.64 Å². The number of pyridine rings is 1. The van der Waals surface area contributed by atoms with Gasteiger partial charge in [0.25, 0.3) is 0 Å². The summed E-state index contributed by atoms with van der Waals surface area (Å²) in [5.74, 6) is 3.14. The van der Waals surface area contributed by atoms with E-state index in [2.05, 4.69) is 37.0 Å². The first-order valence-electron chi connectivity index (χ1n) is 11.6. The van der Waals surface area contributed by atoms with Crippen LogP contribution in [0.4, 0.5) is 0 Å². The van der Waals surface area contributed by atoms with E-state index < -0.39 is 0 Å². The van der Waals surface area contributed by atoms with Gasteiger partial charge in [-0.25, -0.2) is 0 Å². The fourth-order valence-electron chi connectivity index (χ4n) is 7.51. The molecule has 1 aliphatic heterocycles. The molecule has 4 aliphatic rings. The summed E-state index contributed by atoms with van der Waals surface area (Å²) >= 11 is 0. The minimum absolute atomic E-state index is 0.130. The number of nitrogens with zero attached hydrogens (tertiary/aromatic N) is 2. The SMILES string of the molecule is COc1cncc(C2=CCC3C4CC=C5N(C)C(=O)CCC[C@]5(C)C4CC[C@]23C)c1. The van der Waals surface area contributed by atoms with Gasteiger partial charge >= 0.3 is 0 Å². The Morgan fingerprint density at radius 2 is 1.93 bits per heavy atom. The Labute approximate surface area is 180 Å². The van der Waals surface area contributed by atoms with Gasteiger partial charge in [0.15, 0.2) is 0 Å². The predicted octanol–water partition coefficient (Wildman–Crippen LogP) is 5.46. The van der Waals surface area contributed by atoms with Crippen LogP contribution in [0.3, 0.4) is 0 Å². The molecule has 1 aromatic rings. The topological polar surface area (TPSA) is 42.4 Å². The standard InChI is InChI=1S/C26H34N2O2/c1-25-13-11-22-19(7-10-23-26(22,2)12-5-6-24(29)28(23)3)21(25)9-8-20(25)17-14-18(30-4)16-27-15-17/h8,10,14-16,19,21-22H,5-7,9,11-13H2,1-4H3/t19?,21?,22?,25-,26-/m1/s1. The van der Waals surface area contributed by atoms with Crippen molar-refractivity contribution in [2.24, 2.45) is 28.6 Å². The maximum Gasteiger partial charge on any atom is 0.226 e. The molecule has 0 spiro atoms. The quantitative estimate of drug-likeness (QED) is 0.655. The van der Waals surface area contributed by atoms with Crippen molar-refractivity contribution in [3.8, 4) is 5.75 Å². The molecule has 0 radical (unpaired) electrons. The molecule has 1 amide bonds. The van der Waals surface area contributed by atoms with Crippen molar-refractivity contribution in [1.82, 2.24) is 9.88 Å². The number of methoxy groups -OCH3 is 1. The van der Waals surface area contributed by atoms with E-state index in [1.807, 2.05) is 18.1 Å². The summed E-state index contributed by atoms with van der Waals surface area (Å²) in [4.78, 5) is 18.9. The molecular formula is C26H34N2O2. The number of ether oxygens (including phenoxy) is 1. The number of fused-ring (bicyclic) bond motifs is 5. The van der Waals surface area contributed by atoms with E-state index in [0.717, 1.165) is 31.4 Å². The van der Waals surface area contributed by atoms with Crippen molar-refractivity contribution >= 4 is 11.5 Å². The first-order valence-corrected chi connectivity index (χ1v) is 11.6. The van der Waals surface area contributed by atoms with Crippen molar-refractivity contribution in [3.05, 3.63) is 41.9 Å². The average Bonchev–Trinajstić information content (AvgIpc) is 3.05. The molecule has 160 valence electrons. The van der Waals surface area contributed by atoms with Crippen molar-refractivity contribution in [2.45, 2.75) is 58.8 Å². The molecule has 0 bridgehead atoms. The Hall–Kier alpha value is -2.10. The summed E-state index contributed by atoms with van der Waals surface area (Å²) in [6.45, 7) is 4.93. The fourth-order valence-corrected chi connectivity index (χ4v) is 7.51. The first-order chi connectivity index (χ1) is 14.4. The fraction of sp³-hybridized carbons (Fsp3) is 0.615. The number of hydrogen-bond acceptors (Lipinski definition) is 3. The van der Waals surface area contributed by atoms with Gasteiger partial charge in [-0.05, 0) is 78.9 Å². The molecule has 3 unspecified atom stereocenters. The number of aromatic nitrogens is 1. The highest BCUT2D eigenvalue weighted by atomic mass is 16.5. The van der Waals surface area contributed by atoms with Gasteiger partial charge in [0, 0.05) is 30.8 Å². The Balaban J connectivity index is 1.48. The van der Waals surface area contributed by atoms with E-state index in [-0.39, 0.29) is 10.8 Å².